The number of benzene rings is 1. The average Bonchev–Trinajstić information content (AvgIpc) is 2.85. The van der Waals surface area contributed by atoms with Crippen LogP contribution in [0.4, 0.5) is 5.82 Å². The SMILES string of the molecule is CCN(CCN(C)C)c1nc(-c2ccncc2)nc2c1CN(Cc1ccc(OC)cc1)CC2. The fraction of sp³-hybridized carbons (Fsp3) is 0.423. The van der Waals surface area contributed by atoms with E-state index in [4.69, 9.17) is 14.7 Å². The molecule has 33 heavy (non-hydrogen) atoms. The molecule has 3 heterocycles. The standard InChI is InChI=1S/C26H34N6O/c1-5-32(17-16-30(2)3)26-23-19-31(18-20-6-8-22(33-4)9-7-20)15-12-24(23)28-25(29-26)21-10-13-27-14-11-21/h6-11,13-14H,5,12,15-19H2,1-4H3. The first kappa shape index (κ1) is 23.1. The normalized spacial score (nSPS) is 13.7. The van der Waals surface area contributed by atoms with Crippen LogP contribution in [0.5, 0.6) is 5.75 Å². The zero-order valence-electron chi connectivity index (χ0n) is 20.2. The number of aromatic nitrogens is 3. The summed E-state index contributed by atoms with van der Waals surface area (Å²) in [6.45, 7) is 7.76. The van der Waals surface area contributed by atoms with Crippen molar-refractivity contribution in [2.45, 2.75) is 26.4 Å². The lowest BCUT2D eigenvalue weighted by atomic mass is 10.0. The number of anilines is 1. The maximum Gasteiger partial charge on any atom is 0.161 e. The number of pyridine rings is 1. The molecule has 0 spiro atoms. The highest BCUT2D eigenvalue weighted by Crippen LogP contribution is 2.30. The molecule has 0 saturated heterocycles. The Hall–Kier alpha value is -3.03. The highest BCUT2D eigenvalue weighted by atomic mass is 16.5. The van der Waals surface area contributed by atoms with E-state index in [0.29, 0.717) is 0 Å². The molecule has 0 bridgehead atoms. The summed E-state index contributed by atoms with van der Waals surface area (Å²) in [6, 6.07) is 12.3. The maximum atomic E-state index is 5.30. The van der Waals surface area contributed by atoms with Crippen LogP contribution in [-0.4, -0.2) is 72.1 Å². The fourth-order valence-electron chi connectivity index (χ4n) is 4.20. The van der Waals surface area contributed by atoms with Crippen LogP contribution in [0.1, 0.15) is 23.7 Å². The van der Waals surface area contributed by atoms with Gasteiger partial charge in [-0.1, -0.05) is 12.1 Å². The van der Waals surface area contributed by atoms with Gasteiger partial charge in [-0.3, -0.25) is 9.88 Å². The molecule has 2 aromatic heterocycles. The molecule has 4 rings (SSSR count). The van der Waals surface area contributed by atoms with Gasteiger partial charge >= 0.3 is 0 Å². The van der Waals surface area contributed by atoms with Gasteiger partial charge in [0.25, 0.3) is 0 Å². The second kappa shape index (κ2) is 10.7. The van der Waals surface area contributed by atoms with Crippen LogP contribution in [0.2, 0.25) is 0 Å². The summed E-state index contributed by atoms with van der Waals surface area (Å²) in [5.41, 5.74) is 4.72. The summed E-state index contributed by atoms with van der Waals surface area (Å²) in [6.07, 6.45) is 4.53. The lowest BCUT2D eigenvalue weighted by Crippen LogP contribution is -2.36. The van der Waals surface area contributed by atoms with Gasteiger partial charge in [-0.05, 0) is 50.8 Å². The van der Waals surface area contributed by atoms with Gasteiger partial charge < -0.3 is 14.5 Å². The molecule has 0 unspecified atom stereocenters. The monoisotopic (exact) mass is 446 g/mol. The third kappa shape index (κ3) is 5.67. The van der Waals surface area contributed by atoms with E-state index in [2.05, 4.69) is 52.8 Å². The molecule has 0 aliphatic carbocycles. The molecule has 1 aliphatic rings. The molecule has 1 aliphatic heterocycles. The quantitative estimate of drug-likeness (QED) is 0.499. The van der Waals surface area contributed by atoms with E-state index in [1.54, 1.807) is 19.5 Å². The lowest BCUT2D eigenvalue weighted by molar-refractivity contribution is 0.243. The first-order valence-electron chi connectivity index (χ1n) is 11.6. The van der Waals surface area contributed by atoms with E-state index in [1.165, 1.54) is 16.8 Å². The van der Waals surface area contributed by atoms with Gasteiger partial charge in [0.2, 0.25) is 0 Å². The second-order valence-electron chi connectivity index (χ2n) is 8.72. The van der Waals surface area contributed by atoms with E-state index >= 15 is 0 Å². The van der Waals surface area contributed by atoms with E-state index in [0.717, 1.165) is 68.6 Å². The van der Waals surface area contributed by atoms with Gasteiger partial charge in [-0.15, -0.1) is 0 Å². The number of ether oxygens (including phenoxy) is 1. The van der Waals surface area contributed by atoms with Gasteiger partial charge in [0, 0.05) is 69.2 Å². The van der Waals surface area contributed by atoms with Crippen molar-refractivity contribution in [3.05, 3.63) is 65.6 Å². The molecule has 7 heteroatoms. The number of methoxy groups -OCH3 is 1. The molecule has 174 valence electrons. The van der Waals surface area contributed by atoms with Crippen molar-refractivity contribution in [3.8, 4) is 17.1 Å². The third-order valence-electron chi connectivity index (χ3n) is 6.12. The number of fused-ring (bicyclic) bond motifs is 1. The van der Waals surface area contributed by atoms with Crippen molar-refractivity contribution < 1.29 is 4.74 Å². The van der Waals surface area contributed by atoms with Gasteiger partial charge in [0.05, 0.1) is 12.8 Å². The molecular weight excluding hydrogens is 412 g/mol. The predicted octanol–water partition coefficient (Wildman–Crippen LogP) is 3.49. The van der Waals surface area contributed by atoms with E-state index in [1.807, 2.05) is 24.3 Å². The van der Waals surface area contributed by atoms with Crippen LogP contribution in [0.25, 0.3) is 11.4 Å². The van der Waals surface area contributed by atoms with Gasteiger partial charge in [0.1, 0.15) is 11.6 Å². The minimum absolute atomic E-state index is 0.790. The predicted molar refractivity (Wildman–Crippen MR) is 133 cm³/mol. The van der Waals surface area contributed by atoms with Crippen LogP contribution >= 0.6 is 0 Å². The highest BCUT2D eigenvalue weighted by molar-refractivity contribution is 5.60. The largest absolute Gasteiger partial charge is 0.497 e. The zero-order valence-corrected chi connectivity index (χ0v) is 20.2. The Morgan fingerprint density at radius 3 is 2.42 bits per heavy atom. The van der Waals surface area contributed by atoms with Crippen molar-refractivity contribution in [3.63, 3.8) is 0 Å². The molecule has 0 radical (unpaired) electrons. The molecule has 0 N–H and O–H groups in total. The number of hydrogen-bond acceptors (Lipinski definition) is 7. The third-order valence-corrected chi connectivity index (χ3v) is 6.12. The van der Waals surface area contributed by atoms with Crippen molar-refractivity contribution in [2.24, 2.45) is 0 Å². The van der Waals surface area contributed by atoms with Crippen LogP contribution < -0.4 is 9.64 Å². The first-order valence-corrected chi connectivity index (χ1v) is 11.6. The van der Waals surface area contributed by atoms with Gasteiger partial charge in [-0.2, -0.15) is 0 Å². The Kier molecular flexibility index (Phi) is 7.52. The van der Waals surface area contributed by atoms with Crippen LogP contribution in [0.3, 0.4) is 0 Å². The highest BCUT2D eigenvalue weighted by Gasteiger charge is 2.25. The van der Waals surface area contributed by atoms with Crippen molar-refractivity contribution >= 4 is 5.82 Å². The lowest BCUT2D eigenvalue weighted by Gasteiger charge is -2.33. The van der Waals surface area contributed by atoms with Crippen LogP contribution in [0.15, 0.2) is 48.8 Å². The summed E-state index contributed by atoms with van der Waals surface area (Å²) in [5.74, 6) is 2.75. The van der Waals surface area contributed by atoms with Crippen molar-refractivity contribution in [2.75, 3.05) is 52.3 Å². The summed E-state index contributed by atoms with van der Waals surface area (Å²) >= 11 is 0. The topological polar surface area (TPSA) is 57.6 Å². The molecule has 7 nitrogen and oxygen atoms in total. The molecule has 3 aromatic rings. The minimum Gasteiger partial charge on any atom is -0.497 e. The molecule has 0 fully saturated rings. The summed E-state index contributed by atoms with van der Waals surface area (Å²) < 4.78 is 5.30. The van der Waals surface area contributed by atoms with Crippen LogP contribution in [0, 0.1) is 0 Å². The van der Waals surface area contributed by atoms with Crippen molar-refractivity contribution in [1.82, 2.24) is 24.8 Å². The van der Waals surface area contributed by atoms with Gasteiger partial charge in [-0.25, -0.2) is 9.97 Å². The summed E-state index contributed by atoms with van der Waals surface area (Å²) in [7, 11) is 5.93. The summed E-state index contributed by atoms with van der Waals surface area (Å²) in [5, 5.41) is 0. The zero-order chi connectivity index (χ0) is 23.2. The second-order valence-corrected chi connectivity index (χ2v) is 8.72. The number of rotatable bonds is 9. The number of likely N-dealkylation sites (N-methyl/N-ethyl adjacent to an activating group) is 2. The minimum atomic E-state index is 0.790. The Morgan fingerprint density at radius 1 is 1.00 bits per heavy atom. The Labute approximate surface area is 197 Å². The summed E-state index contributed by atoms with van der Waals surface area (Å²) in [4.78, 5) is 21.3. The molecule has 1 aromatic carbocycles. The fourth-order valence-corrected chi connectivity index (χ4v) is 4.20. The van der Waals surface area contributed by atoms with E-state index < -0.39 is 0 Å². The van der Waals surface area contributed by atoms with Crippen LogP contribution in [-0.2, 0) is 19.5 Å². The first-order chi connectivity index (χ1) is 16.1. The van der Waals surface area contributed by atoms with E-state index in [-0.39, 0.29) is 0 Å². The Bertz CT molecular complexity index is 1040. The maximum absolute atomic E-state index is 5.30. The Morgan fingerprint density at radius 2 is 1.76 bits per heavy atom. The van der Waals surface area contributed by atoms with Gasteiger partial charge in [0.15, 0.2) is 5.82 Å². The number of hydrogen-bond donors (Lipinski definition) is 0. The smallest absolute Gasteiger partial charge is 0.161 e. The Balaban J connectivity index is 1.65. The molecular formula is C26H34N6O. The molecule has 0 amide bonds. The van der Waals surface area contributed by atoms with Crippen molar-refractivity contribution in [1.29, 1.82) is 0 Å². The molecule has 0 atom stereocenters. The average molecular weight is 447 g/mol. The molecule has 0 saturated carbocycles. The van der Waals surface area contributed by atoms with E-state index in [9.17, 15) is 0 Å². The number of nitrogens with zero attached hydrogens (tertiary/aromatic N) is 6.